The van der Waals surface area contributed by atoms with Crippen LogP contribution in [0.1, 0.15) is 18.9 Å². The molecule has 0 aliphatic heterocycles. The number of urea groups is 1. The van der Waals surface area contributed by atoms with E-state index in [1.165, 1.54) is 0 Å². The van der Waals surface area contributed by atoms with Gasteiger partial charge in [0.1, 0.15) is 0 Å². The van der Waals surface area contributed by atoms with Crippen LogP contribution in [-0.4, -0.2) is 17.9 Å². The fourth-order valence-electron chi connectivity index (χ4n) is 1.51. The standard InChI is InChI=1S/C12H16N2O2/c1-2-11(15)10(14-12(13)16)8-9-6-4-3-5-7-9/h3-7,10H,2,8H2,1H3,(H3,13,14,16)/t10-/m0/s1. The van der Waals surface area contributed by atoms with Gasteiger partial charge in [-0.25, -0.2) is 4.79 Å². The molecule has 1 aromatic rings. The van der Waals surface area contributed by atoms with E-state index >= 15 is 0 Å². The Labute approximate surface area is 94.8 Å². The van der Waals surface area contributed by atoms with E-state index < -0.39 is 12.1 Å². The summed E-state index contributed by atoms with van der Waals surface area (Å²) >= 11 is 0. The molecule has 0 spiro atoms. The number of hydrogen-bond donors (Lipinski definition) is 2. The van der Waals surface area contributed by atoms with Crippen molar-refractivity contribution >= 4 is 11.8 Å². The van der Waals surface area contributed by atoms with Gasteiger partial charge < -0.3 is 11.1 Å². The molecule has 0 aromatic heterocycles. The minimum Gasteiger partial charge on any atom is -0.352 e. The van der Waals surface area contributed by atoms with Gasteiger partial charge in [-0.3, -0.25) is 4.79 Å². The molecule has 0 aliphatic carbocycles. The number of amides is 2. The summed E-state index contributed by atoms with van der Waals surface area (Å²) in [5.41, 5.74) is 6.04. The number of Topliss-reactive ketones (excluding diaryl/α,β-unsaturated/α-hetero) is 1. The van der Waals surface area contributed by atoms with E-state index in [0.717, 1.165) is 5.56 Å². The summed E-state index contributed by atoms with van der Waals surface area (Å²) in [4.78, 5) is 22.4. The number of nitrogens with one attached hydrogen (secondary N) is 1. The van der Waals surface area contributed by atoms with Crippen molar-refractivity contribution in [3.05, 3.63) is 35.9 Å². The van der Waals surface area contributed by atoms with Crippen molar-refractivity contribution in [3.8, 4) is 0 Å². The second-order valence-corrected chi connectivity index (χ2v) is 3.57. The Morgan fingerprint density at radius 2 is 1.94 bits per heavy atom. The van der Waals surface area contributed by atoms with Crippen molar-refractivity contribution < 1.29 is 9.59 Å². The third-order valence-corrected chi connectivity index (χ3v) is 2.34. The smallest absolute Gasteiger partial charge is 0.312 e. The maximum Gasteiger partial charge on any atom is 0.312 e. The van der Waals surface area contributed by atoms with Gasteiger partial charge in [-0.15, -0.1) is 0 Å². The molecular weight excluding hydrogens is 204 g/mol. The average Bonchev–Trinajstić information content (AvgIpc) is 2.28. The summed E-state index contributed by atoms with van der Waals surface area (Å²) in [7, 11) is 0. The van der Waals surface area contributed by atoms with Crippen LogP contribution in [0.2, 0.25) is 0 Å². The number of carbonyl (C=O) groups excluding carboxylic acids is 2. The summed E-state index contributed by atoms with van der Waals surface area (Å²) in [5.74, 6) is -0.0114. The van der Waals surface area contributed by atoms with Crippen LogP contribution in [0.25, 0.3) is 0 Å². The Hall–Kier alpha value is -1.84. The molecule has 0 radical (unpaired) electrons. The van der Waals surface area contributed by atoms with Crippen LogP contribution < -0.4 is 11.1 Å². The van der Waals surface area contributed by atoms with E-state index in [1.54, 1.807) is 6.92 Å². The fraction of sp³-hybridized carbons (Fsp3) is 0.333. The van der Waals surface area contributed by atoms with Crippen LogP contribution in [0.5, 0.6) is 0 Å². The second kappa shape index (κ2) is 5.90. The Kier molecular flexibility index (Phi) is 4.51. The van der Waals surface area contributed by atoms with Gasteiger partial charge >= 0.3 is 6.03 Å². The molecule has 0 fully saturated rings. The minimum atomic E-state index is -0.664. The highest BCUT2D eigenvalue weighted by molar-refractivity contribution is 5.88. The third-order valence-electron chi connectivity index (χ3n) is 2.34. The van der Waals surface area contributed by atoms with E-state index in [2.05, 4.69) is 5.32 Å². The summed E-state index contributed by atoms with van der Waals surface area (Å²) < 4.78 is 0. The number of carbonyl (C=O) groups is 2. The van der Waals surface area contributed by atoms with E-state index in [4.69, 9.17) is 5.73 Å². The first-order valence-corrected chi connectivity index (χ1v) is 5.26. The number of hydrogen-bond acceptors (Lipinski definition) is 2. The Balaban J connectivity index is 2.70. The maximum absolute atomic E-state index is 11.6. The van der Waals surface area contributed by atoms with Crippen molar-refractivity contribution in [2.24, 2.45) is 5.73 Å². The van der Waals surface area contributed by atoms with Gasteiger partial charge in [0, 0.05) is 6.42 Å². The van der Waals surface area contributed by atoms with Gasteiger partial charge in [0.2, 0.25) is 0 Å². The van der Waals surface area contributed by atoms with Crippen LogP contribution in [-0.2, 0) is 11.2 Å². The highest BCUT2D eigenvalue weighted by Gasteiger charge is 2.18. The minimum absolute atomic E-state index is 0.0114. The third kappa shape index (κ3) is 3.73. The molecule has 2 amide bonds. The quantitative estimate of drug-likeness (QED) is 0.783. The first-order chi connectivity index (χ1) is 7.63. The molecule has 0 aliphatic rings. The molecule has 0 unspecified atom stereocenters. The largest absolute Gasteiger partial charge is 0.352 e. The lowest BCUT2D eigenvalue weighted by molar-refractivity contribution is -0.120. The van der Waals surface area contributed by atoms with Crippen LogP contribution in [0.15, 0.2) is 30.3 Å². The van der Waals surface area contributed by atoms with Gasteiger partial charge in [-0.05, 0) is 12.0 Å². The van der Waals surface area contributed by atoms with Gasteiger partial charge in [0.05, 0.1) is 6.04 Å². The van der Waals surface area contributed by atoms with Crippen molar-refractivity contribution in [2.45, 2.75) is 25.8 Å². The first-order valence-electron chi connectivity index (χ1n) is 5.26. The van der Waals surface area contributed by atoms with Crippen LogP contribution in [0, 0.1) is 0 Å². The molecule has 1 atom stereocenters. The molecular formula is C12H16N2O2. The predicted octanol–water partition coefficient (Wildman–Crippen LogP) is 1.25. The lowest BCUT2D eigenvalue weighted by Crippen LogP contribution is -2.44. The number of primary amides is 1. The molecule has 3 N–H and O–H groups in total. The first kappa shape index (κ1) is 12.2. The van der Waals surface area contributed by atoms with Gasteiger partial charge in [-0.1, -0.05) is 37.3 Å². The van der Waals surface area contributed by atoms with E-state index in [1.807, 2.05) is 30.3 Å². The van der Waals surface area contributed by atoms with E-state index in [0.29, 0.717) is 12.8 Å². The highest BCUT2D eigenvalue weighted by Crippen LogP contribution is 2.05. The zero-order valence-corrected chi connectivity index (χ0v) is 9.27. The van der Waals surface area contributed by atoms with Crippen LogP contribution >= 0.6 is 0 Å². The molecule has 16 heavy (non-hydrogen) atoms. The van der Waals surface area contributed by atoms with Gasteiger partial charge in [0.15, 0.2) is 5.78 Å². The van der Waals surface area contributed by atoms with Crippen molar-refractivity contribution in [3.63, 3.8) is 0 Å². The Morgan fingerprint density at radius 3 is 2.44 bits per heavy atom. The number of rotatable bonds is 5. The number of nitrogens with two attached hydrogens (primary N) is 1. The topological polar surface area (TPSA) is 72.2 Å². The molecule has 4 nitrogen and oxygen atoms in total. The molecule has 0 saturated heterocycles. The van der Waals surface area contributed by atoms with Crippen LogP contribution in [0.3, 0.4) is 0 Å². The summed E-state index contributed by atoms with van der Waals surface area (Å²) in [5, 5.41) is 2.47. The zero-order chi connectivity index (χ0) is 12.0. The predicted molar refractivity (Wildman–Crippen MR) is 62.0 cm³/mol. The highest BCUT2D eigenvalue weighted by atomic mass is 16.2. The van der Waals surface area contributed by atoms with Gasteiger partial charge in [0.25, 0.3) is 0 Å². The number of benzene rings is 1. The van der Waals surface area contributed by atoms with E-state index in [9.17, 15) is 9.59 Å². The SMILES string of the molecule is CCC(=O)[C@H](Cc1ccccc1)NC(N)=O. The van der Waals surface area contributed by atoms with Crippen molar-refractivity contribution in [2.75, 3.05) is 0 Å². The summed E-state index contributed by atoms with van der Waals surface area (Å²) in [6.07, 6.45) is 0.869. The zero-order valence-electron chi connectivity index (χ0n) is 9.27. The molecule has 0 bridgehead atoms. The molecule has 4 heteroatoms. The normalized spacial score (nSPS) is 11.8. The lowest BCUT2D eigenvalue weighted by Gasteiger charge is -2.15. The Morgan fingerprint density at radius 1 is 1.31 bits per heavy atom. The molecule has 0 heterocycles. The molecule has 1 rings (SSSR count). The fourth-order valence-corrected chi connectivity index (χ4v) is 1.51. The monoisotopic (exact) mass is 220 g/mol. The van der Waals surface area contributed by atoms with E-state index in [-0.39, 0.29) is 5.78 Å². The molecule has 1 aromatic carbocycles. The molecule has 86 valence electrons. The van der Waals surface area contributed by atoms with Gasteiger partial charge in [-0.2, -0.15) is 0 Å². The summed E-state index contributed by atoms with van der Waals surface area (Å²) in [6, 6.07) is 8.34. The van der Waals surface area contributed by atoms with Crippen molar-refractivity contribution in [1.29, 1.82) is 0 Å². The van der Waals surface area contributed by atoms with Crippen molar-refractivity contribution in [1.82, 2.24) is 5.32 Å². The molecule has 0 saturated carbocycles. The number of ketones is 1. The lowest BCUT2D eigenvalue weighted by atomic mass is 10.0. The Bertz CT molecular complexity index is 363. The maximum atomic E-state index is 11.6. The second-order valence-electron chi connectivity index (χ2n) is 3.57. The van der Waals surface area contributed by atoms with Crippen LogP contribution in [0.4, 0.5) is 4.79 Å². The summed E-state index contributed by atoms with van der Waals surface area (Å²) in [6.45, 7) is 1.77. The average molecular weight is 220 g/mol.